The van der Waals surface area contributed by atoms with Crippen molar-refractivity contribution >= 4 is 16.1 Å². The maximum Gasteiger partial charge on any atom is 0.339 e. The van der Waals surface area contributed by atoms with Crippen LogP contribution in [0.3, 0.4) is 0 Å². The molecule has 0 unspecified atom stereocenters. The zero-order valence-electron chi connectivity index (χ0n) is 18.1. The van der Waals surface area contributed by atoms with Crippen LogP contribution < -0.4 is 14.2 Å². The first-order chi connectivity index (χ1) is 14.1. The molecule has 0 aromatic heterocycles. The van der Waals surface area contributed by atoms with Gasteiger partial charge in [0.15, 0.2) is 0 Å². The molecule has 0 saturated carbocycles. The molecule has 0 atom stereocenters. The summed E-state index contributed by atoms with van der Waals surface area (Å²) in [5.41, 5.74) is 0.878. The van der Waals surface area contributed by atoms with E-state index in [1.807, 2.05) is 13.8 Å². The van der Waals surface area contributed by atoms with Crippen molar-refractivity contribution in [3.05, 3.63) is 54.1 Å². The van der Waals surface area contributed by atoms with E-state index in [9.17, 15) is 13.2 Å². The number of urea groups is 1. The molecule has 2 aromatic carbocycles. The molecule has 2 amide bonds. The van der Waals surface area contributed by atoms with Gasteiger partial charge in [-0.15, -0.1) is 0 Å². The molecule has 0 spiro atoms. The fourth-order valence-corrected chi connectivity index (χ4v) is 3.72. The van der Waals surface area contributed by atoms with Crippen molar-refractivity contribution in [3.63, 3.8) is 0 Å². The quantitative estimate of drug-likeness (QED) is 0.602. The molecule has 0 fully saturated rings. The SMILES string of the molecule is COc1ccc(S(=O)(=O)Oc2ccc(CN(CC(C)C)C(=O)NC(C)C)cc2)cc1. The number of benzene rings is 2. The maximum atomic E-state index is 12.5. The minimum atomic E-state index is -3.95. The van der Waals surface area contributed by atoms with Crippen LogP contribution in [-0.4, -0.2) is 39.0 Å². The number of carbonyl (C=O) groups is 1. The van der Waals surface area contributed by atoms with Crippen LogP contribution in [0.15, 0.2) is 53.4 Å². The van der Waals surface area contributed by atoms with Crippen LogP contribution in [0.2, 0.25) is 0 Å². The van der Waals surface area contributed by atoms with Crippen molar-refractivity contribution in [2.45, 2.75) is 45.2 Å². The molecule has 0 aliphatic rings. The number of nitrogens with zero attached hydrogens (tertiary/aromatic N) is 1. The highest BCUT2D eigenvalue weighted by molar-refractivity contribution is 7.87. The van der Waals surface area contributed by atoms with Crippen molar-refractivity contribution in [2.75, 3.05) is 13.7 Å². The Bertz CT molecular complexity index is 923. The van der Waals surface area contributed by atoms with Gasteiger partial charge in [0.1, 0.15) is 16.4 Å². The fraction of sp³-hybridized carbons (Fsp3) is 0.409. The minimum absolute atomic E-state index is 0.0424. The van der Waals surface area contributed by atoms with Gasteiger partial charge in [0.25, 0.3) is 0 Å². The Kier molecular flexibility index (Phi) is 8.11. The summed E-state index contributed by atoms with van der Waals surface area (Å²) in [5.74, 6) is 1.09. The summed E-state index contributed by atoms with van der Waals surface area (Å²) < 4.78 is 35.2. The monoisotopic (exact) mass is 434 g/mol. The molecule has 0 heterocycles. The number of hydrogen-bond donors (Lipinski definition) is 1. The lowest BCUT2D eigenvalue weighted by molar-refractivity contribution is 0.185. The van der Waals surface area contributed by atoms with Crippen molar-refractivity contribution < 1.29 is 22.1 Å². The molecule has 0 bridgehead atoms. The number of methoxy groups -OCH3 is 1. The molecule has 0 radical (unpaired) electrons. The van der Waals surface area contributed by atoms with Crippen molar-refractivity contribution in [2.24, 2.45) is 5.92 Å². The molecule has 2 rings (SSSR count). The Balaban J connectivity index is 2.09. The first-order valence-electron chi connectivity index (χ1n) is 9.83. The van der Waals surface area contributed by atoms with E-state index in [1.165, 1.54) is 19.2 Å². The second-order valence-electron chi connectivity index (χ2n) is 7.74. The van der Waals surface area contributed by atoms with Gasteiger partial charge in [0.05, 0.1) is 7.11 Å². The lowest BCUT2D eigenvalue weighted by atomic mass is 10.1. The Morgan fingerprint density at radius 1 is 0.967 bits per heavy atom. The lowest BCUT2D eigenvalue weighted by Crippen LogP contribution is -2.44. The van der Waals surface area contributed by atoms with Crippen LogP contribution in [0.25, 0.3) is 0 Å². The Hall–Kier alpha value is -2.74. The lowest BCUT2D eigenvalue weighted by Gasteiger charge is -2.26. The Morgan fingerprint density at radius 3 is 2.03 bits per heavy atom. The summed E-state index contributed by atoms with van der Waals surface area (Å²) in [6, 6.07) is 12.6. The van der Waals surface area contributed by atoms with Gasteiger partial charge in [0, 0.05) is 19.1 Å². The molecule has 8 heteroatoms. The van der Waals surface area contributed by atoms with Gasteiger partial charge in [0.2, 0.25) is 0 Å². The number of ether oxygens (including phenoxy) is 1. The smallest absolute Gasteiger partial charge is 0.339 e. The van der Waals surface area contributed by atoms with Crippen LogP contribution in [0.5, 0.6) is 11.5 Å². The second kappa shape index (κ2) is 10.3. The predicted molar refractivity (Wildman–Crippen MR) is 116 cm³/mol. The van der Waals surface area contributed by atoms with E-state index in [0.717, 1.165) is 5.56 Å². The largest absolute Gasteiger partial charge is 0.497 e. The third-order valence-corrected chi connectivity index (χ3v) is 5.40. The zero-order valence-corrected chi connectivity index (χ0v) is 18.9. The van der Waals surface area contributed by atoms with Crippen LogP contribution in [0.1, 0.15) is 33.3 Å². The summed E-state index contributed by atoms with van der Waals surface area (Å²) in [5, 5.41) is 2.91. The summed E-state index contributed by atoms with van der Waals surface area (Å²) in [7, 11) is -2.44. The van der Waals surface area contributed by atoms with E-state index in [4.69, 9.17) is 8.92 Å². The maximum absolute atomic E-state index is 12.5. The number of carbonyl (C=O) groups excluding carboxylic acids is 1. The zero-order chi connectivity index (χ0) is 22.3. The first-order valence-corrected chi connectivity index (χ1v) is 11.2. The van der Waals surface area contributed by atoms with Gasteiger partial charge in [-0.3, -0.25) is 0 Å². The summed E-state index contributed by atoms with van der Waals surface area (Å²) in [4.78, 5) is 14.2. The Morgan fingerprint density at radius 2 is 1.53 bits per heavy atom. The van der Waals surface area contributed by atoms with Crippen molar-refractivity contribution in [1.82, 2.24) is 10.2 Å². The van der Waals surface area contributed by atoms with Gasteiger partial charge in [-0.25, -0.2) is 4.79 Å². The van der Waals surface area contributed by atoms with E-state index in [2.05, 4.69) is 19.2 Å². The number of rotatable bonds is 9. The summed E-state index contributed by atoms with van der Waals surface area (Å²) >= 11 is 0. The van der Waals surface area contributed by atoms with Crippen molar-refractivity contribution in [1.29, 1.82) is 0 Å². The van der Waals surface area contributed by atoms with Gasteiger partial charge in [-0.05, 0) is 61.7 Å². The average molecular weight is 435 g/mol. The molecule has 30 heavy (non-hydrogen) atoms. The second-order valence-corrected chi connectivity index (χ2v) is 9.28. The van der Waals surface area contributed by atoms with E-state index in [0.29, 0.717) is 24.8 Å². The van der Waals surface area contributed by atoms with E-state index >= 15 is 0 Å². The normalized spacial score (nSPS) is 11.4. The molecule has 2 aromatic rings. The highest BCUT2D eigenvalue weighted by Gasteiger charge is 2.18. The van der Waals surface area contributed by atoms with E-state index < -0.39 is 10.1 Å². The highest BCUT2D eigenvalue weighted by Crippen LogP contribution is 2.22. The molecule has 164 valence electrons. The molecule has 0 saturated heterocycles. The molecule has 0 aliphatic carbocycles. The van der Waals surface area contributed by atoms with Gasteiger partial charge >= 0.3 is 16.1 Å². The number of hydrogen-bond acceptors (Lipinski definition) is 5. The average Bonchev–Trinajstić information content (AvgIpc) is 2.68. The molecule has 1 N–H and O–H groups in total. The van der Waals surface area contributed by atoms with Crippen LogP contribution in [0, 0.1) is 5.92 Å². The van der Waals surface area contributed by atoms with E-state index in [-0.39, 0.29) is 22.7 Å². The topological polar surface area (TPSA) is 84.9 Å². The third kappa shape index (κ3) is 6.95. The van der Waals surface area contributed by atoms with Gasteiger partial charge in [-0.2, -0.15) is 8.42 Å². The summed E-state index contributed by atoms with van der Waals surface area (Å²) in [6.07, 6.45) is 0. The third-order valence-electron chi connectivity index (χ3n) is 4.14. The molecular formula is C22H30N2O5S. The van der Waals surface area contributed by atoms with Crippen molar-refractivity contribution in [3.8, 4) is 11.5 Å². The molecule has 7 nitrogen and oxygen atoms in total. The Labute approximate surface area is 179 Å². The molecule has 0 aliphatic heterocycles. The summed E-state index contributed by atoms with van der Waals surface area (Å²) in [6.45, 7) is 8.97. The first kappa shape index (κ1) is 23.5. The minimum Gasteiger partial charge on any atom is -0.497 e. The predicted octanol–water partition coefficient (Wildman–Crippen LogP) is 4.04. The van der Waals surface area contributed by atoms with Gasteiger partial charge in [-0.1, -0.05) is 26.0 Å². The highest BCUT2D eigenvalue weighted by atomic mass is 32.2. The molecular weight excluding hydrogens is 404 g/mol. The standard InChI is InChI=1S/C22H30N2O5S/c1-16(2)14-24(22(25)23-17(3)4)15-18-6-8-20(9-7-18)29-30(26,27)21-12-10-19(28-5)11-13-21/h6-13,16-17H,14-15H2,1-5H3,(H,23,25). The van der Waals surface area contributed by atoms with E-state index in [1.54, 1.807) is 41.3 Å². The van der Waals surface area contributed by atoms with Crippen LogP contribution in [0.4, 0.5) is 4.79 Å². The van der Waals surface area contributed by atoms with Crippen LogP contribution in [-0.2, 0) is 16.7 Å². The fourth-order valence-electron chi connectivity index (χ4n) is 2.79. The van der Waals surface area contributed by atoms with Crippen LogP contribution >= 0.6 is 0 Å². The van der Waals surface area contributed by atoms with Gasteiger partial charge < -0.3 is 19.1 Å². The number of amides is 2. The number of nitrogens with one attached hydrogen (secondary N) is 1.